The summed E-state index contributed by atoms with van der Waals surface area (Å²) in [6, 6.07) is 12.8. The minimum Gasteiger partial charge on any atom is -0.503 e. The van der Waals surface area contributed by atoms with Gasteiger partial charge >= 0.3 is 11.6 Å². The maximum Gasteiger partial charge on any atom is 0.341 e. The monoisotopic (exact) mass is 422 g/mol. The van der Waals surface area contributed by atoms with E-state index < -0.39 is 5.97 Å². The van der Waals surface area contributed by atoms with E-state index in [4.69, 9.17) is 18.6 Å². The molecule has 1 heterocycles. The lowest BCUT2D eigenvalue weighted by Crippen LogP contribution is -2.10. The van der Waals surface area contributed by atoms with E-state index in [2.05, 4.69) is 0 Å². The molecular weight excluding hydrogens is 396 g/mol. The number of rotatable bonds is 8. The Morgan fingerprint density at radius 3 is 2.61 bits per heavy atom. The molecule has 1 aromatic heterocycles. The molecule has 162 valence electrons. The van der Waals surface area contributed by atoms with Gasteiger partial charge in [-0.15, -0.1) is 0 Å². The standard InChI is InChI=1S/C25H26O6/c1-5-8-20-16(2)19-12-11-18(13-23(19)31-25(20)27)30-14-17-9-6-7-10-21(17)22(15-28-3)24(26)29-4/h6-7,9-13,15H,5,8,14H2,1-4H3/b22-15+. The van der Waals surface area contributed by atoms with Gasteiger partial charge in [0.2, 0.25) is 0 Å². The average Bonchev–Trinajstić information content (AvgIpc) is 2.78. The summed E-state index contributed by atoms with van der Waals surface area (Å²) < 4.78 is 21.4. The lowest BCUT2D eigenvalue weighted by atomic mass is 10.0. The van der Waals surface area contributed by atoms with Crippen LogP contribution in [0.2, 0.25) is 0 Å². The van der Waals surface area contributed by atoms with Crippen molar-refractivity contribution in [3.63, 3.8) is 0 Å². The minimum absolute atomic E-state index is 0.205. The van der Waals surface area contributed by atoms with E-state index in [0.717, 1.165) is 28.5 Å². The molecule has 0 amide bonds. The van der Waals surface area contributed by atoms with Crippen LogP contribution in [0.1, 0.15) is 35.6 Å². The van der Waals surface area contributed by atoms with Gasteiger partial charge in [-0.05, 0) is 42.2 Å². The molecule has 0 atom stereocenters. The predicted octanol–water partition coefficient (Wildman–Crippen LogP) is 4.79. The van der Waals surface area contributed by atoms with Crippen molar-refractivity contribution in [2.45, 2.75) is 33.3 Å². The van der Waals surface area contributed by atoms with E-state index in [1.54, 1.807) is 12.1 Å². The Kier molecular flexibility index (Phi) is 7.13. The first kappa shape index (κ1) is 22.2. The van der Waals surface area contributed by atoms with Gasteiger partial charge in [0.05, 0.1) is 20.5 Å². The fraction of sp³-hybridized carbons (Fsp3) is 0.280. The third kappa shape index (κ3) is 4.79. The molecule has 0 spiro atoms. The van der Waals surface area contributed by atoms with E-state index in [1.807, 2.05) is 44.2 Å². The number of carbonyl (C=O) groups is 1. The molecule has 3 rings (SSSR count). The number of ether oxygens (including phenoxy) is 3. The Balaban J connectivity index is 1.90. The first-order chi connectivity index (χ1) is 15.0. The van der Waals surface area contributed by atoms with Crippen molar-refractivity contribution < 1.29 is 23.4 Å². The number of esters is 1. The number of aryl methyl sites for hydroxylation is 1. The second-order valence-corrected chi connectivity index (χ2v) is 7.11. The summed E-state index contributed by atoms with van der Waals surface area (Å²) in [5.41, 5.74) is 3.59. The van der Waals surface area contributed by atoms with Gasteiger partial charge in [-0.25, -0.2) is 9.59 Å². The van der Waals surface area contributed by atoms with Crippen LogP contribution in [0.4, 0.5) is 0 Å². The minimum atomic E-state index is -0.500. The Morgan fingerprint density at radius 2 is 1.90 bits per heavy atom. The van der Waals surface area contributed by atoms with Crippen molar-refractivity contribution in [1.29, 1.82) is 0 Å². The molecule has 6 nitrogen and oxygen atoms in total. The van der Waals surface area contributed by atoms with Crippen molar-refractivity contribution in [1.82, 2.24) is 0 Å². The van der Waals surface area contributed by atoms with Gasteiger partial charge in [0.15, 0.2) is 0 Å². The molecule has 31 heavy (non-hydrogen) atoms. The van der Waals surface area contributed by atoms with Crippen LogP contribution in [-0.4, -0.2) is 20.2 Å². The van der Waals surface area contributed by atoms with Crippen molar-refractivity contribution >= 4 is 22.5 Å². The average molecular weight is 422 g/mol. The Bertz CT molecular complexity index is 1170. The topological polar surface area (TPSA) is 75.0 Å². The molecule has 0 N–H and O–H groups in total. The number of fused-ring (bicyclic) bond motifs is 1. The molecule has 0 unspecified atom stereocenters. The SMILES string of the molecule is CCCc1c(C)c2ccc(OCc3ccccc3/C(=C\OC)C(=O)OC)cc2oc1=O. The van der Waals surface area contributed by atoms with Crippen LogP contribution in [-0.2, 0) is 27.3 Å². The quantitative estimate of drug-likeness (QED) is 0.225. The number of hydrogen-bond donors (Lipinski definition) is 0. The van der Waals surface area contributed by atoms with Gasteiger partial charge in [0.1, 0.15) is 23.5 Å². The van der Waals surface area contributed by atoms with Gasteiger partial charge in [-0.3, -0.25) is 0 Å². The largest absolute Gasteiger partial charge is 0.503 e. The van der Waals surface area contributed by atoms with Gasteiger partial charge < -0.3 is 18.6 Å². The Hall–Kier alpha value is -3.54. The molecule has 0 bridgehead atoms. The summed E-state index contributed by atoms with van der Waals surface area (Å²) in [6.45, 7) is 4.18. The Labute approximate surface area is 181 Å². The van der Waals surface area contributed by atoms with Crippen molar-refractivity contribution in [3.05, 3.63) is 81.4 Å². The molecule has 2 aromatic carbocycles. The molecule has 0 radical (unpaired) electrons. The highest BCUT2D eigenvalue weighted by Gasteiger charge is 2.17. The van der Waals surface area contributed by atoms with Gasteiger partial charge in [0.25, 0.3) is 0 Å². The zero-order valence-corrected chi connectivity index (χ0v) is 18.2. The van der Waals surface area contributed by atoms with E-state index in [0.29, 0.717) is 28.9 Å². The van der Waals surface area contributed by atoms with E-state index in [-0.39, 0.29) is 12.2 Å². The lowest BCUT2D eigenvalue weighted by Gasteiger charge is -2.13. The zero-order valence-electron chi connectivity index (χ0n) is 18.2. The summed E-state index contributed by atoms with van der Waals surface area (Å²) in [4.78, 5) is 24.5. The third-order valence-electron chi connectivity index (χ3n) is 5.10. The normalized spacial score (nSPS) is 11.4. The maximum atomic E-state index is 12.3. The van der Waals surface area contributed by atoms with Gasteiger partial charge in [-0.2, -0.15) is 0 Å². The van der Waals surface area contributed by atoms with E-state index >= 15 is 0 Å². The number of hydrogen-bond acceptors (Lipinski definition) is 6. The summed E-state index contributed by atoms with van der Waals surface area (Å²) in [5, 5.41) is 0.895. The van der Waals surface area contributed by atoms with Crippen LogP contribution in [0.25, 0.3) is 16.5 Å². The summed E-state index contributed by atoms with van der Waals surface area (Å²) in [7, 11) is 2.79. The highest BCUT2D eigenvalue weighted by molar-refractivity contribution is 6.16. The van der Waals surface area contributed by atoms with Crippen molar-refractivity contribution in [3.8, 4) is 5.75 Å². The van der Waals surface area contributed by atoms with Crippen LogP contribution < -0.4 is 10.4 Å². The number of methoxy groups -OCH3 is 2. The second kappa shape index (κ2) is 9.98. The molecule has 3 aromatic rings. The van der Waals surface area contributed by atoms with Gasteiger partial charge in [0, 0.05) is 17.0 Å². The van der Waals surface area contributed by atoms with E-state index in [9.17, 15) is 9.59 Å². The molecule has 6 heteroatoms. The summed E-state index contributed by atoms with van der Waals surface area (Å²) >= 11 is 0. The van der Waals surface area contributed by atoms with Crippen molar-refractivity contribution in [2.24, 2.45) is 0 Å². The second-order valence-electron chi connectivity index (χ2n) is 7.11. The fourth-order valence-electron chi connectivity index (χ4n) is 3.52. The predicted molar refractivity (Wildman–Crippen MR) is 119 cm³/mol. The van der Waals surface area contributed by atoms with E-state index in [1.165, 1.54) is 20.5 Å². The van der Waals surface area contributed by atoms with Gasteiger partial charge in [-0.1, -0.05) is 37.6 Å². The smallest absolute Gasteiger partial charge is 0.341 e. The summed E-state index contributed by atoms with van der Waals surface area (Å²) in [5.74, 6) is 0.0589. The Morgan fingerprint density at radius 1 is 1.13 bits per heavy atom. The molecule has 0 fully saturated rings. The maximum absolute atomic E-state index is 12.3. The number of benzene rings is 2. The molecular formula is C25H26O6. The summed E-state index contributed by atoms with van der Waals surface area (Å²) in [6.07, 6.45) is 2.92. The molecule has 0 saturated heterocycles. The van der Waals surface area contributed by atoms with Crippen LogP contribution in [0.3, 0.4) is 0 Å². The zero-order chi connectivity index (χ0) is 22.4. The lowest BCUT2D eigenvalue weighted by molar-refractivity contribution is -0.133. The molecule has 0 aliphatic heterocycles. The fourth-order valence-corrected chi connectivity index (χ4v) is 3.52. The first-order valence-electron chi connectivity index (χ1n) is 10.1. The highest BCUT2D eigenvalue weighted by atomic mass is 16.5. The number of carbonyl (C=O) groups excluding carboxylic acids is 1. The highest BCUT2D eigenvalue weighted by Crippen LogP contribution is 2.27. The van der Waals surface area contributed by atoms with Crippen LogP contribution >= 0.6 is 0 Å². The third-order valence-corrected chi connectivity index (χ3v) is 5.10. The van der Waals surface area contributed by atoms with Crippen LogP contribution in [0.5, 0.6) is 5.75 Å². The van der Waals surface area contributed by atoms with Crippen LogP contribution in [0.15, 0.2) is 57.9 Å². The van der Waals surface area contributed by atoms with Crippen LogP contribution in [0, 0.1) is 6.92 Å². The first-order valence-corrected chi connectivity index (χ1v) is 10.1. The molecule has 0 saturated carbocycles. The molecule has 0 aliphatic rings. The molecule has 0 aliphatic carbocycles. The van der Waals surface area contributed by atoms with Crippen molar-refractivity contribution in [2.75, 3.05) is 14.2 Å².